The number of nitrogen functional groups attached to an aromatic ring is 1. The van der Waals surface area contributed by atoms with Gasteiger partial charge in [0.2, 0.25) is 10.0 Å². The van der Waals surface area contributed by atoms with E-state index in [-0.39, 0.29) is 12.6 Å². The Labute approximate surface area is 119 Å². The highest BCUT2D eigenvalue weighted by molar-refractivity contribution is 7.89. The summed E-state index contributed by atoms with van der Waals surface area (Å²) in [5.74, 6) is 5.37. The fourth-order valence-electron chi connectivity index (χ4n) is 2.87. The van der Waals surface area contributed by atoms with Crippen LogP contribution in [0.15, 0.2) is 17.0 Å². The van der Waals surface area contributed by atoms with Crippen LogP contribution in [0.3, 0.4) is 0 Å². The minimum Gasteiger partial charge on any atom is -0.395 e. The summed E-state index contributed by atoms with van der Waals surface area (Å²) < 4.78 is 27.0. The Morgan fingerprint density at radius 2 is 2.00 bits per heavy atom. The van der Waals surface area contributed by atoms with Crippen LogP contribution in [0, 0.1) is 13.8 Å². The number of nitrogens with two attached hydrogens (primary N) is 1. The molecule has 0 aromatic heterocycles. The molecular formula is C13H21N3O3S. The van der Waals surface area contributed by atoms with Gasteiger partial charge in [0.1, 0.15) is 0 Å². The van der Waals surface area contributed by atoms with E-state index in [4.69, 9.17) is 5.84 Å². The maximum absolute atomic E-state index is 12.8. The molecule has 0 saturated carbocycles. The van der Waals surface area contributed by atoms with Crippen LogP contribution in [0.25, 0.3) is 0 Å². The number of hydrazine groups is 1. The number of sulfonamides is 1. The molecule has 112 valence electrons. The van der Waals surface area contributed by atoms with Crippen molar-refractivity contribution in [3.8, 4) is 0 Å². The van der Waals surface area contributed by atoms with Crippen LogP contribution in [0.2, 0.25) is 0 Å². The molecule has 0 spiro atoms. The monoisotopic (exact) mass is 299 g/mol. The molecule has 0 radical (unpaired) electrons. The van der Waals surface area contributed by atoms with Gasteiger partial charge < -0.3 is 10.5 Å². The highest BCUT2D eigenvalue weighted by Gasteiger charge is 2.36. The van der Waals surface area contributed by atoms with E-state index in [0.717, 1.165) is 6.42 Å². The maximum Gasteiger partial charge on any atom is 0.243 e. The van der Waals surface area contributed by atoms with Gasteiger partial charge in [-0.3, -0.25) is 5.84 Å². The zero-order valence-corrected chi connectivity index (χ0v) is 12.6. The molecular weight excluding hydrogens is 278 g/mol. The van der Waals surface area contributed by atoms with E-state index in [1.807, 2.05) is 0 Å². The van der Waals surface area contributed by atoms with Crippen molar-refractivity contribution in [2.24, 2.45) is 5.84 Å². The molecule has 1 fully saturated rings. The first-order chi connectivity index (χ1) is 9.41. The fraction of sp³-hybridized carbons (Fsp3) is 0.538. The standard InChI is InChI=1S/C13H21N3O3S/c1-9-6-11(15-14)7-10(2)13(9)20(18,19)16-5-3-4-12(16)8-17/h6-7,12,15,17H,3-5,8,14H2,1-2H3. The third kappa shape index (κ3) is 2.54. The van der Waals surface area contributed by atoms with Crippen molar-refractivity contribution in [1.29, 1.82) is 0 Å². The van der Waals surface area contributed by atoms with Gasteiger partial charge in [0, 0.05) is 18.3 Å². The number of nitrogens with zero attached hydrogens (tertiary/aromatic N) is 1. The Hall–Kier alpha value is -1.15. The van der Waals surface area contributed by atoms with E-state index in [1.165, 1.54) is 4.31 Å². The van der Waals surface area contributed by atoms with Crippen molar-refractivity contribution >= 4 is 15.7 Å². The van der Waals surface area contributed by atoms with Crippen molar-refractivity contribution < 1.29 is 13.5 Å². The molecule has 7 heteroatoms. The summed E-state index contributed by atoms with van der Waals surface area (Å²) in [5, 5.41) is 9.33. The maximum atomic E-state index is 12.8. The molecule has 1 aromatic rings. The number of nitrogens with one attached hydrogen (secondary N) is 1. The predicted octanol–water partition coefficient (Wildman–Crippen LogP) is 0.734. The second-order valence-corrected chi connectivity index (χ2v) is 7.01. The van der Waals surface area contributed by atoms with Crippen LogP contribution in [0.5, 0.6) is 0 Å². The quantitative estimate of drug-likeness (QED) is 0.563. The normalized spacial score (nSPS) is 20.3. The summed E-state index contributed by atoms with van der Waals surface area (Å²) in [7, 11) is -3.58. The lowest BCUT2D eigenvalue weighted by atomic mass is 10.1. The summed E-state index contributed by atoms with van der Waals surface area (Å²) in [6, 6.07) is 3.11. The molecule has 4 N–H and O–H groups in total. The molecule has 1 aromatic carbocycles. The van der Waals surface area contributed by atoms with Crippen molar-refractivity contribution in [3.63, 3.8) is 0 Å². The molecule has 1 unspecified atom stereocenters. The van der Waals surface area contributed by atoms with Crippen molar-refractivity contribution in [1.82, 2.24) is 4.31 Å². The first-order valence-electron chi connectivity index (χ1n) is 6.62. The Bertz CT molecular complexity index is 578. The Kier molecular flexibility index (Phi) is 4.33. The van der Waals surface area contributed by atoms with Gasteiger partial charge in [-0.15, -0.1) is 0 Å². The van der Waals surface area contributed by atoms with Gasteiger partial charge in [-0.05, 0) is 49.9 Å². The smallest absolute Gasteiger partial charge is 0.243 e. The minimum absolute atomic E-state index is 0.139. The van der Waals surface area contributed by atoms with E-state index in [2.05, 4.69) is 5.43 Å². The van der Waals surface area contributed by atoms with Crippen LogP contribution in [0.4, 0.5) is 5.69 Å². The second-order valence-electron chi connectivity index (χ2n) is 5.18. The number of benzene rings is 1. The molecule has 1 aliphatic rings. The number of aliphatic hydroxyl groups excluding tert-OH is 1. The lowest BCUT2D eigenvalue weighted by Crippen LogP contribution is -2.38. The molecule has 0 aliphatic carbocycles. The number of anilines is 1. The minimum atomic E-state index is -3.58. The van der Waals surface area contributed by atoms with Gasteiger partial charge >= 0.3 is 0 Å². The van der Waals surface area contributed by atoms with Crippen LogP contribution in [-0.2, 0) is 10.0 Å². The lowest BCUT2D eigenvalue weighted by molar-refractivity contribution is 0.213. The molecule has 1 saturated heterocycles. The molecule has 1 aliphatic heterocycles. The summed E-state index contributed by atoms with van der Waals surface area (Å²) >= 11 is 0. The number of rotatable bonds is 4. The third-order valence-electron chi connectivity index (χ3n) is 3.73. The van der Waals surface area contributed by atoms with Gasteiger partial charge in [0.25, 0.3) is 0 Å². The van der Waals surface area contributed by atoms with Gasteiger partial charge in [0.15, 0.2) is 0 Å². The summed E-state index contributed by atoms with van der Waals surface area (Å²) in [6.07, 6.45) is 1.49. The molecule has 0 bridgehead atoms. The van der Waals surface area contributed by atoms with Crippen LogP contribution in [0.1, 0.15) is 24.0 Å². The summed E-state index contributed by atoms with van der Waals surface area (Å²) in [5.41, 5.74) is 4.52. The van der Waals surface area contributed by atoms with E-state index < -0.39 is 10.0 Å². The van der Waals surface area contributed by atoms with Crippen molar-refractivity contribution in [3.05, 3.63) is 23.3 Å². The van der Waals surface area contributed by atoms with Gasteiger partial charge in [-0.25, -0.2) is 8.42 Å². The lowest BCUT2D eigenvalue weighted by Gasteiger charge is -2.24. The first-order valence-corrected chi connectivity index (χ1v) is 8.06. The number of aliphatic hydroxyl groups is 1. The highest BCUT2D eigenvalue weighted by Crippen LogP contribution is 2.31. The van der Waals surface area contributed by atoms with Crippen LogP contribution in [-0.4, -0.2) is 37.0 Å². The van der Waals surface area contributed by atoms with Crippen molar-refractivity contribution in [2.45, 2.75) is 37.6 Å². The van der Waals surface area contributed by atoms with Crippen LogP contribution >= 0.6 is 0 Å². The molecule has 1 heterocycles. The van der Waals surface area contributed by atoms with Gasteiger partial charge in [-0.2, -0.15) is 4.31 Å². The molecule has 1 atom stereocenters. The Balaban J connectivity index is 2.50. The average molecular weight is 299 g/mol. The van der Waals surface area contributed by atoms with E-state index >= 15 is 0 Å². The summed E-state index contributed by atoms with van der Waals surface area (Å²) in [6.45, 7) is 3.83. The molecule has 20 heavy (non-hydrogen) atoms. The fourth-order valence-corrected chi connectivity index (χ4v) is 4.97. The van der Waals surface area contributed by atoms with Crippen LogP contribution < -0.4 is 11.3 Å². The third-order valence-corrected chi connectivity index (χ3v) is 5.99. The zero-order valence-electron chi connectivity index (χ0n) is 11.8. The molecule has 6 nitrogen and oxygen atoms in total. The summed E-state index contributed by atoms with van der Waals surface area (Å²) in [4.78, 5) is 0.317. The number of aryl methyl sites for hydroxylation is 2. The molecule has 2 rings (SSSR count). The number of hydrogen-bond acceptors (Lipinski definition) is 5. The largest absolute Gasteiger partial charge is 0.395 e. The van der Waals surface area contributed by atoms with E-state index in [1.54, 1.807) is 26.0 Å². The van der Waals surface area contributed by atoms with Crippen molar-refractivity contribution in [2.75, 3.05) is 18.6 Å². The van der Waals surface area contributed by atoms with E-state index in [9.17, 15) is 13.5 Å². The molecule has 0 amide bonds. The zero-order chi connectivity index (χ0) is 14.9. The number of hydrogen-bond donors (Lipinski definition) is 3. The first kappa shape index (κ1) is 15.2. The predicted molar refractivity (Wildman–Crippen MR) is 77.7 cm³/mol. The SMILES string of the molecule is Cc1cc(NN)cc(C)c1S(=O)(=O)N1CCCC1CO. The Morgan fingerprint density at radius 3 is 2.50 bits per heavy atom. The topological polar surface area (TPSA) is 95.7 Å². The van der Waals surface area contributed by atoms with Gasteiger partial charge in [0.05, 0.1) is 11.5 Å². The Morgan fingerprint density at radius 1 is 1.40 bits per heavy atom. The average Bonchev–Trinajstić information content (AvgIpc) is 2.86. The van der Waals surface area contributed by atoms with Gasteiger partial charge in [-0.1, -0.05) is 0 Å². The second kappa shape index (κ2) is 5.69. The highest BCUT2D eigenvalue weighted by atomic mass is 32.2. The van der Waals surface area contributed by atoms with E-state index in [0.29, 0.717) is 34.7 Å².